The highest BCUT2D eigenvalue weighted by atomic mass is 15.0. The van der Waals surface area contributed by atoms with Crippen LogP contribution in [0.4, 0.5) is 0 Å². The topological polar surface area (TPSA) is 9.86 Å². The second-order valence-electron chi connectivity index (χ2n) is 13.4. The lowest BCUT2D eigenvalue weighted by Crippen LogP contribution is -2.14. The zero-order chi connectivity index (χ0) is 31.3. The third-order valence-electron chi connectivity index (χ3n) is 10.5. The fourth-order valence-electron chi connectivity index (χ4n) is 8.36. The fourth-order valence-corrected chi connectivity index (χ4v) is 8.36. The number of benzene rings is 7. The summed E-state index contributed by atoms with van der Waals surface area (Å²) in [5, 5.41) is 5.14. The standard InChI is InChI=1S/C45H32N2/c1-45(2)37-20-9-6-17-33(37)34-24-23-30(28-38(34)45)29-13-12-16-32(27-29)47-40-22-11-8-19-36(40)44-42(47)26-25-41-43(44)35-18-7-10-21-39(35)46(41)31-14-4-3-5-15-31/h3-28H,1-2H3. The Kier molecular flexibility index (Phi) is 5.37. The SMILES string of the molecule is CC1(C)c2ccccc2-c2ccc(-c3cccc(-n4c5ccccc5c5c6c7ccccc7n(-c7ccccc7)c6ccc54)c3)cc21. The van der Waals surface area contributed by atoms with Gasteiger partial charge in [-0.25, -0.2) is 0 Å². The Balaban J connectivity index is 1.21. The van der Waals surface area contributed by atoms with Crippen molar-refractivity contribution in [1.82, 2.24) is 9.13 Å². The van der Waals surface area contributed by atoms with Gasteiger partial charge >= 0.3 is 0 Å². The smallest absolute Gasteiger partial charge is 0.0548 e. The zero-order valence-electron chi connectivity index (χ0n) is 26.4. The molecule has 0 N–H and O–H groups in total. The quantitative estimate of drug-likeness (QED) is 0.191. The van der Waals surface area contributed by atoms with Crippen LogP contribution in [0.25, 0.3) is 77.2 Å². The summed E-state index contributed by atoms with van der Waals surface area (Å²) in [7, 11) is 0. The maximum atomic E-state index is 2.45. The lowest BCUT2D eigenvalue weighted by molar-refractivity contribution is 0.660. The first kappa shape index (κ1) is 26.4. The monoisotopic (exact) mass is 600 g/mol. The summed E-state index contributed by atoms with van der Waals surface area (Å²) in [6.07, 6.45) is 0. The van der Waals surface area contributed by atoms with Crippen molar-refractivity contribution in [3.63, 3.8) is 0 Å². The van der Waals surface area contributed by atoms with Crippen LogP contribution in [0.5, 0.6) is 0 Å². The first-order valence-electron chi connectivity index (χ1n) is 16.5. The van der Waals surface area contributed by atoms with Crippen molar-refractivity contribution in [2.45, 2.75) is 19.3 Å². The lowest BCUT2D eigenvalue weighted by Gasteiger charge is -2.22. The second kappa shape index (κ2) is 9.57. The first-order valence-corrected chi connectivity index (χ1v) is 16.5. The maximum absolute atomic E-state index is 2.45. The van der Waals surface area contributed by atoms with Gasteiger partial charge in [-0.1, -0.05) is 117 Å². The average Bonchev–Trinajstić information content (AvgIpc) is 3.72. The van der Waals surface area contributed by atoms with Crippen LogP contribution in [0.1, 0.15) is 25.0 Å². The van der Waals surface area contributed by atoms with E-state index in [0.717, 1.165) is 0 Å². The normalized spacial score (nSPS) is 13.5. The predicted molar refractivity (Wildman–Crippen MR) is 198 cm³/mol. The van der Waals surface area contributed by atoms with Crippen molar-refractivity contribution in [1.29, 1.82) is 0 Å². The summed E-state index contributed by atoms with van der Waals surface area (Å²) in [5.74, 6) is 0. The number of fused-ring (bicyclic) bond motifs is 10. The highest BCUT2D eigenvalue weighted by Gasteiger charge is 2.35. The zero-order valence-corrected chi connectivity index (χ0v) is 26.4. The molecule has 1 aliphatic rings. The molecule has 0 aliphatic heterocycles. The molecule has 0 amide bonds. The lowest BCUT2D eigenvalue weighted by atomic mass is 9.81. The molecule has 0 spiro atoms. The summed E-state index contributed by atoms with van der Waals surface area (Å²) in [6.45, 7) is 4.71. The van der Waals surface area contributed by atoms with Crippen LogP contribution in [-0.2, 0) is 5.41 Å². The Bertz CT molecular complexity index is 2700. The molecule has 9 aromatic rings. The summed E-state index contributed by atoms with van der Waals surface area (Å²) in [5.41, 5.74) is 15.2. The summed E-state index contributed by atoms with van der Waals surface area (Å²) in [4.78, 5) is 0. The van der Waals surface area contributed by atoms with E-state index in [1.54, 1.807) is 0 Å². The molecule has 7 aromatic carbocycles. The summed E-state index contributed by atoms with van der Waals surface area (Å²) >= 11 is 0. The molecule has 1 aliphatic carbocycles. The van der Waals surface area contributed by atoms with Crippen molar-refractivity contribution in [3.05, 3.63) is 169 Å². The van der Waals surface area contributed by atoms with Crippen LogP contribution in [0, 0.1) is 0 Å². The Labute approximate surface area is 273 Å². The van der Waals surface area contributed by atoms with Crippen LogP contribution in [-0.4, -0.2) is 9.13 Å². The number of rotatable bonds is 3. The number of para-hydroxylation sites is 3. The molecule has 0 radical (unpaired) electrons. The molecule has 2 heterocycles. The minimum atomic E-state index is -0.0311. The Morgan fingerprint density at radius 1 is 0.383 bits per heavy atom. The molecule has 0 saturated heterocycles. The third-order valence-corrected chi connectivity index (χ3v) is 10.5. The van der Waals surface area contributed by atoms with Gasteiger partial charge in [-0.3, -0.25) is 0 Å². The van der Waals surface area contributed by atoms with E-state index >= 15 is 0 Å². The Hall–Kier alpha value is -5.86. The molecule has 0 unspecified atom stereocenters. The van der Waals surface area contributed by atoms with Gasteiger partial charge < -0.3 is 9.13 Å². The van der Waals surface area contributed by atoms with E-state index in [2.05, 4.69) is 181 Å². The van der Waals surface area contributed by atoms with Crippen molar-refractivity contribution < 1.29 is 0 Å². The molecule has 2 aromatic heterocycles. The molecule has 222 valence electrons. The van der Waals surface area contributed by atoms with Crippen LogP contribution in [0.3, 0.4) is 0 Å². The minimum absolute atomic E-state index is 0.0311. The van der Waals surface area contributed by atoms with Crippen LogP contribution in [0.15, 0.2) is 158 Å². The van der Waals surface area contributed by atoms with Crippen molar-refractivity contribution in [2.24, 2.45) is 0 Å². The number of hydrogen-bond acceptors (Lipinski definition) is 0. The Morgan fingerprint density at radius 2 is 0.936 bits per heavy atom. The molecular weight excluding hydrogens is 569 g/mol. The van der Waals surface area contributed by atoms with E-state index in [1.807, 2.05) is 0 Å². The van der Waals surface area contributed by atoms with Gasteiger partial charge in [0, 0.05) is 38.3 Å². The fraction of sp³-hybridized carbons (Fsp3) is 0.0667. The average molecular weight is 601 g/mol. The molecule has 10 rings (SSSR count). The third kappa shape index (κ3) is 3.61. The molecule has 2 heteroatoms. The minimum Gasteiger partial charge on any atom is -0.309 e. The predicted octanol–water partition coefficient (Wildman–Crippen LogP) is 11.9. The van der Waals surface area contributed by atoms with Gasteiger partial charge in [-0.15, -0.1) is 0 Å². The van der Waals surface area contributed by atoms with Gasteiger partial charge in [-0.2, -0.15) is 0 Å². The molecule has 0 saturated carbocycles. The van der Waals surface area contributed by atoms with Crippen LogP contribution in [0.2, 0.25) is 0 Å². The van der Waals surface area contributed by atoms with Gasteiger partial charge in [0.25, 0.3) is 0 Å². The van der Waals surface area contributed by atoms with Gasteiger partial charge in [0.15, 0.2) is 0 Å². The highest BCUT2D eigenvalue weighted by molar-refractivity contribution is 6.28. The highest BCUT2D eigenvalue weighted by Crippen LogP contribution is 2.49. The molecule has 47 heavy (non-hydrogen) atoms. The van der Waals surface area contributed by atoms with Crippen molar-refractivity contribution >= 4 is 43.6 Å². The molecule has 0 fully saturated rings. The van der Waals surface area contributed by atoms with E-state index in [4.69, 9.17) is 0 Å². The number of nitrogens with zero attached hydrogens (tertiary/aromatic N) is 2. The summed E-state index contributed by atoms with van der Waals surface area (Å²) in [6, 6.07) is 58.0. The molecule has 2 nitrogen and oxygen atoms in total. The van der Waals surface area contributed by atoms with Gasteiger partial charge in [0.05, 0.1) is 22.1 Å². The maximum Gasteiger partial charge on any atom is 0.0548 e. The number of hydrogen-bond donors (Lipinski definition) is 0. The second-order valence-corrected chi connectivity index (χ2v) is 13.4. The van der Waals surface area contributed by atoms with E-state index in [9.17, 15) is 0 Å². The first-order chi connectivity index (χ1) is 23.1. The van der Waals surface area contributed by atoms with Gasteiger partial charge in [0.1, 0.15) is 0 Å². The van der Waals surface area contributed by atoms with Crippen LogP contribution < -0.4 is 0 Å². The van der Waals surface area contributed by atoms with E-state index in [-0.39, 0.29) is 5.41 Å². The summed E-state index contributed by atoms with van der Waals surface area (Å²) < 4.78 is 4.86. The van der Waals surface area contributed by atoms with Crippen LogP contribution >= 0.6 is 0 Å². The Morgan fingerprint density at radius 3 is 1.66 bits per heavy atom. The van der Waals surface area contributed by atoms with E-state index in [0.29, 0.717) is 0 Å². The van der Waals surface area contributed by atoms with Crippen molar-refractivity contribution in [2.75, 3.05) is 0 Å². The van der Waals surface area contributed by atoms with E-state index in [1.165, 1.54) is 88.4 Å². The van der Waals surface area contributed by atoms with Gasteiger partial charge in [-0.05, 0) is 88.0 Å². The van der Waals surface area contributed by atoms with E-state index < -0.39 is 0 Å². The number of aromatic nitrogens is 2. The largest absolute Gasteiger partial charge is 0.309 e. The van der Waals surface area contributed by atoms with Gasteiger partial charge in [0.2, 0.25) is 0 Å². The van der Waals surface area contributed by atoms with Crippen molar-refractivity contribution in [3.8, 4) is 33.6 Å². The molecular formula is C45H32N2. The molecule has 0 atom stereocenters. The molecule has 0 bridgehead atoms.